The summed E-state index contributed by atoms with van der Waals surface area (Å²) >= 11 is 0. The van der Waals surface area contributed by atoms with E-state index in [1.807, 2.05) is 4.98 Å². The first-order chi connectivity index (χ1) is 20.3. The monoisotopic (exact) mass is 620 g/mol. The molecule has 1 aromatic rings. The van der Waals surface area contributed by atoms with Crippen molar-refractivity contribution in [1.82, 2.24) is 25.1 Å². The molecule has 0 spiro atoms. The summed E-state index contributed by atoms with van der Waals surface area (Å²) in [6.45, 7) is 1.05. The molecular formula is C24H40N6O13. The minimum atomic E-state index is -1.85. The van der Waals surface area contributed by atoms with Gasteiger partial charge in [-0.3, -0.25) is 28.8 Å². The number of H-pyrrole nitrogens is 1. The van der Waals surface area contributed by atoms with Crippen LogP contribution in [0.15, 0.2) is 21.9 Å². The summed E-state index contributed by atoms with van der Waals surface area (Å²) in [6.07, 6.45) is -15.0. The Morgan fingerprint density at radius 1 is 1.16 bits per heavy atom. The Kier molecular flexibility index (Phi) is 11.9. The zero-order chi connectivity index (χ0) is 32.2. The van der Waals surface area contributed by atoms with Gasteiger partial charge >= 0.3 is 11.7 Å². The zero-order valence-corrected chi connectivity index (χ0v) is 23.7. The SMILES string of the molecule is CCNC(=O)[C@H]([C@@H](OC1O[C@H](CN)[C@@H](O)[C@H]1O)C1OC(n2ccc(=O)[nH]c2=O)[C@H](O)[C@@H]1O)N(C)C[C@H](O)C(NC)C(=O)O. The Bertz CT molecular complexity index is 1210. The first kappa shape index (κ1) is 34.7. The third kappa shape index (κ3) is 7.46. The Labute approximate surface area is 244 Å². The number of carbonyl (C=O) groups is 2. The van der Waals surface area contributed by atoms with E-state index in [-0.39, 0.29) is 13.1 Å². The molecule has 244 valence electrons. The molecule has 11 N–H and O–H groups in total. The van der Waals surface area contributed by atoms with E-state index >= 15 is 0 Å². The summed E-state index contributed by atoms with van der Waals surface area (Å²) in [7, 11) is 2.66. The number of hydrogen-bond donors (Lipinski definition) is 10. The van der Waals surface area contributed by atoms with E-state index in [2.05, 4.69) is 10.6 Å². The maximum atomic E-state index is 13.5. The molecule has 3 heterocycles. The van der Waals surface area contributed by atoms with Gasteiger partial charge in [-0.05, 0) is 21.0 Å². The van der Waals surface area contributed by atoms with Crippen LogP contribution in [0.25, 0.3) is 0 Å². The number of nitrogens with zero attached hydrogens (tertiary/aromatic N) is 2. The van der Waals surface area contributed by atoms with Crippen LogP contribution in [-0.4, -0.2) is 158 Å². The molecule has 19 heteroatoms. The Morgan fingerprint density at radius 2 is 1.84 bits per heavy atom. The van der Waals surface area contributed by atoms with Crippen LogP contribution in [0.4, 0.5) is 0 Å². The van der Waals surface area contributed by atoms with E-state index in [1.165, 1.54) is 19.0 Å². The lowest BCUT2D eigenvalue weighted by Crippen LogP contribution is -2.62. The highest BCUT2D eigenvalue weighted by molar-refractivity contribution is 5.82. The average Bonchev–Trinajstić information content (AvgIpc) is 3.38. The molecule has 1 aromatic heterocycles. The van der Waals surface area contributed by atoms with Crippen molar-refractivity contribution >= 4 is 11.9 Å². The van der Waals surface area contributed by atoms with Crippen LogP contribution in [0.1, 0.15) is 13.2 Å². The number of nitrogens with one attached hydrogen (secondary N) is 3. The summed E-state index contributed by atoms with van der Waals surface area (Å²) in [5.74, 6) is -2.13. The van der Waals surface area contributed by atoms with Crippen molar-refractivity contribution in [3.05, 3.63) is 33.1 Å². The van der Waals surface area contributed by atoms with Gasteiger partial charge in [0.15, 0.2) is 12.5 Å². The maximum Gasteiger partial charge on any atom is 0.330 e. The molecule has 0 aliphatic carbocycles. The van der Waals surface area contributed by atoms with Crippen molar-refractivity contribution in [1.29, 1.82) is 0 Å². The number of hydrogen-bond acceptors (Lipinski definition) is 15. The fourth-order valence-electron chi connectivity index (χ4n) is 5.20. The molecule has 0 saturated carbocycles. The average molecular weight is 621 g/mol. The number of carboxylic acid groups (broad SMARTS) is 1. The summed E-state index contributed by atoms with van der Waals surface area (Å²) in [6, 6.07) is -1.98. The molecule has 19 nitrogen and oxygen atoms in total. The summed E-state index contributed by atoms with van der Waals surface area (Å²) in [5.41, 5.74) is 3.90. The second-order valence-corrected chi connectivity index (χ2v) is 10.3. The van der Waals surface area contributed by atoms with E-state index in [1.54, 1.807) is 6.92 Å². The van der Waals surface area contributed by atoms with Gasteiger partial charge < -0.3 is 61.2 Å². The molecule has 0 aromatic carbocycles. The molecule has 1 amide bonds. The highest BCUT2D eigenvalue weighted by Gasteiger charge is 2.54. The van der Waals surface area contributed by atoms with E-state index in [9.17, 15) is 49.8 Å². The van der Waals surface area contributed by atoms with Crippen molar-refractivity contribution in [3.63, 3.8) is 0 Å². The van der Waals surface area contributed by atoms with Crippen molar-refractivity contribution in [3.8, 4) is 0 Å². The van der Waals surface area contributed by atoms with Gasteiger partial charge in [-0.1, -0.05) is 0 Å². The van der Waals surface area contributed by atoms with E-state index in [0.29, 0.717) is 0 Å². The smallest absolute Gasteiger partial charge is 0.330 e. The predicted octanol–water partition coefficient (Wildman–Crippen LogP) is -6.58. The predicted molar refractivity (Wildman–Crippen MR) is 143 cm³/mol. The highest BCUT2D eigenvalue weighted by atomic mass is 16.7. The number of carboxylic acids is 1. The number of aliphatic hydroxyl groups excluding tert-OH is 5. The van der Waals surface area contributed by atoms with Crippen LogP contribution >= 0.6 is 0 Å². The lowest BCUT2D eigenvalue weighted by atomic mass is 9.96. The van der Waals surface area contributed by atoms with E-state index in [4.69, 9.17) is 19.9 Å². The van der Waals surface area contributed by atoms with E-state index in [0.717, 1.165) is 16.8 Å². The van der Waals surface area contributed by atoms with Gasteiger partial charge in [0.25, 0.3) is 5.56 Å². The number of aromatic amines is 1. The maximum absolute atomic E-state index is 13.5. The van der Waals surface area contributed by atoms with Crippen LogP contribution in [-0.2, 0) is 23.8 Å². The molecule has 12 atom stereocenters. The van der Waals surface area contributed by atoms with Gasteiger partial charge in [0.2, 0.25) is 5.91 Å². The molecule has 2 aliphatic heterocycles. The second kappa shape index (κ2) is 14.8. The van der Waals surface area contributed by atoms with Crippen molar-refractivity contribution in [2.75, 3.05) is 33.7 Å². The Hall–Kier alpha value is -2.82. The third-order valence-electron chi connectivity index (χ3n) is 7.41. The summed E-state index contributed by atoms with van der Waals surface area (Å²) in [4.78, 5) is 52.3. The number of nitrogens with two attached hydrogens (primary N) is 1. The topological polar surface area (TPSA) is 291 Å². The first-order valence-corrected chi connectivity index (χ1v) is 13.5. The number of amides is 1. The zero-order valence-electron chi connectivity index (χ0n) is 23.7. The summed E-state index contributed by atoms with van der Waals surface area (Å²) < 4.78 is 18.2. The van der Waals surface area contributed by atoms with Gasteiger partial charge in [-0.2, -0.15) is 0 Å². The number of likely N-dealkylation sites (N-methyl/N-ethyl adjacent to an activating group) is 3. The number of ether oxygens (including phenoxy) is 3. The van der Waals surface area contributed by atoms with Crippen LogP contribution in [0.3, 0.4) is 0 Å². The van der Waals surface area contributed by atoms with Crippen molar-refractivity contribution in [2.45, 2.75) is 80.4 Å². The lowest BCUT2D eigenvalue weighted by molar-refractivity contribution is -0.233. The molecule has 2 fully saturated rings. The molecule has 4 unspecified atom stereocenters. The number of aliphatic hydroxyl groups is 5. The van der Waals surface area contributed by atoms with Crippen LogP contribution in [0.5, 0.6) is 0 Å². The van der Waals surface area contributed by atoms with E-state index < -0.39 is 103 Å². The molecule has 0 bridgehead atoms. The second-order valence-electron chi connectivity index (χ2n) is 10.3. The van der Waals surface area contributed by atoms with Gasteiger partial charge in [0, 0.05) is 31.9 Å². The van der Waals surface area contributed by atoms with Crippen LogP contribution in [0.2, 0.25) is 0 Å². The fraction of sp³-hybridized carbons (Fsp3) is 0.750. The van der Waals surface area contributed by atoms with Crippen LogP contribution in [0, 0.1) is 0 Å². The summed E-state index contributed by atoms with van der Waals surface area (Å²) in [5, 5.41) is 68.1. The lowest BCUT2D eigenvalue weighted by Gasteiger charge is -2.39. The molecule has 43 heavy (non-hydrogen) atoms. The van der Waals surface area contributed by atoms with Gasteiger partial charge in [-0.15, -0.1) is 0 Å². The molecule has 2 saturated heterocycles. The quantitative estimate of drug-likeness (QED) is 0.0924. The highest BCUT2D eigenvalue weighted by Crippen LogP contribution is 2.35. The first-order valence-electron chi connectivity index (χ1n) is 13.5. The molecular weight excluding hydrogens is 580 g/mol. The number of carbonyl (C=O) groups excluding carboxylic acids is 1. The third-order valence-corrected chi connectivity index (χ3v) is 7.41. The van der Waals surface area contributed by atoms with Gasteiger partial charge in [0.05, 0.1) is 6.10 Å². The normalized spacial score (nSPS) is 32.0. The fourth-order valence-corrected chi connectivity index (χ4v) is 5.20. The van der Waals surface area contributed by atoms with Gasteiger partial charge in [-0.25, -0.2) is 4.79 Å². The molecule has 3 rings (SSSR count). The number of aromatic nitrogens is 2. The number of aliphatic carboxylic acids is 1. The standard InChI is InChI=1S/C24H40N6O13/c1-4-27-20(37)13(29(3)8-9(31)12(26-2)22(38)39)18(43-23-17(36)14(33)10(7-25)41-23)19-15(34)16(35)21(42-19)30-6-5-11(32)28-24(30)40/h5-6,9-10,12-19,21,23,26,31,33-36H,4,7-8,25H2,1-3H3,(H,27,37)(H,38,39)(H,28,32,40)/t9-,10+,12?,13-,14+,15-,16+,17+,18+,19?,21?,23?/m0/s1. The molecule has 2 aliphatic rings. The minimum Gasteiger partial charge on any atom is -0.480 e. The Balaban J connectivity index is 2.06. The van der Waals surface area contributed by atoms with Crippen molar-refractivity contribution < 1.29 is 54.4 Å². The van der Waals surface area contributed by atoms with Crippen LogP contribution < -0.4 is 27.6 Å². The van der Waals surface area contributed by atoms with Gasteiger partial charge in [0.1, 0.15) is 54.8 Å². The molecule has 0 radical (unpaired) electrons. The minimum absolute atomic E-state index is 0.106. The largest absolute Gasteiger partial charge is 0.480 e. The van der Waals surface area contributed by atoms with Crippen molar-refractivity contribution in [2.24, 2.45) is 5.73 Å². The Morgan fingerprint density at radius 3 is 2.37 bits per heavy atom. The number of rotatable bonds is 14.